The molecule has 0 heterocycles. The van der Waals surface area contributed by atoms with Crippen molar-refractivity contribution in [3.8, 4) is 6.07 Å². The van der Waals surface area contributed by atoms with Crippen LogP contribution in [0.5, 0.6) is 0 Å². The second-order valence-electron chi connectivity index (χ2n) is 5.34. The molecular weight excluding hydrogens is 236 g/mol. The Kier molecular flexibility index (Phi) is 4.57. The normalized spacial score (nSPS) is 27.3. The highest BCUT2D eigenvalue weighted by Gasteiger charge is 2.45. The molecule has 1 fully saturated rings. The number of rotatable bonds is 6. The molecular formula is C16H22N2O. The van der Waals surface area contributed by atoms with E-state index in [0.717, 1.165) is 31.6 Å². The van der Waals surface area contributed by atoms with Crippen LogP contribution in [-0.4, -0.2) is 25.3 Å². The summed E-state index contributed by atoms with van der Waals surface area (Å²) in [5, 5.41) is 13.0. The number of hydrogen-bond acceptors (Lipinski definition) is 3. The zero-order chi connectivity index (χ0) is 13.7. The molecule has 3 heteroatoms. The highest BCUT2D eigenvalue weighted by Crippen LogP contribution is 2.43. The van der Waals surface area contributed by atoms with Gasteiger partial charge in [-0.1, -0.05) is 30.3 Å². The topological polar surface area (TPSA) is 45.0 Å². The summed E-state index contributed by atoms with van der Waals surface area (Å²) in [5.74, 6) is 0. The van der Waals surface area contributed by atoms with Crippen LogP contribution in [0.1, 0.15) is 32.3 Å². The van der Waals surface area contributed by atoms with Gasteiger partial charge in [-0.25, -0.2) is 0 Å². The average Bonchev–Trinajstić information content (AvgIpc) is 2.39. The number of nitrogens with zero attached hydrogens (tertiary/aromatic N) is 1. The molecule has 1 aromatic rings. The maximum atomic E-state index is 9.47. The first-order valence-electron chi connectivity index (χ1n) is 7.02. The number of ether oxygens (including phenoxy) is 1. The van der Waals surface area contributed by atoms with Gasteiger partial charge in [0.05, 0.1) is 17.6 Å². The Labute approximate surface area is 115 Å². The second kappa shape index (κ2) is 6.18. The van der Waals surface area contributed by atoms with Gasteiger partial charge in [-0.15, -0.1) is 0 Å². The Morgan fingerprint density at radius 2 is 2.11 bits per heavy atom. The molecule has 1 N–H and O–H groups in total. The van der Waals surface area contributed by atoms with Crippen LogP contribution in [0, 0.1) is 11.3 Å². The van der Waals surface area contributed by atoms with E-state index in [1.165, 1.54) is 0 Å². The predicted molar refractivity (Wildman–Crippen MR) is 75.8 cm³/mol. The molecule has 1 saturated carbocycles. The number of nitrogens with one attached hydrogen (secondary N) is 1. The Hall–Kier alpha value is -1.37. The van der Waals surface area contributed by atoms with Gasteiger partial charge in [0.15, 0.2) is 0 Å². The first-order chi connectivity index (χ1) is 9.20. The van der Waals surface area contributed by atoms with Crippen molar-refractivity contribution in [2.45, 2.75) is 44.2 Å². The summed E-state index contributed by atoms with van der Waals surface area (Å²) in [4.78, 5) is 0. The summed E-state index contributed by atoms with van der Waals surface area (Å²) < 4.78 is 5.50. The highest BCUT2D eigenvalue weighted by molar-refractivity contribution is 5.36. The van der Waals surface area contributed by atoms with E-state index in [-0.39, 0.29) is 11.5 Å². The Balaban J connectivity index is 1.85. The van der Waals surface area contributed by atoms with Crippen molar-refractivity contribution in [3.63, 3.8) is 0 Å². The lowest BCUT2D eigenvalue weighted by Crippen LogP contribution is -2.52. The van der Waals surface area contributed by atoms with E-state index in [4.69, 9.17) is 4.74 Å². The molecule has 1 aromatic carbocycles. The number of hydrogen-bond donors (Lipinski definition) is 1. The third kappa shape index (κ3) is 3.15. The van der Waals surface area contributed by atoms with Gasteiger partial charge in [0, 0.05) is 19.2 Å². The Bertz CT molecular complexity index is 432. The third-order valence-electron chi connectivity index (χ3n) is 3.88. The molecule has 0 bridgehead atoms. The van der Waals surface area contributed by atoms with Crippen LogP contribution in [0.25, 0.3) is 0 Å². The quantitative estimate of drug-likeness (QED) is 0.853. The zero-order valence-corrected chi connectivity index (χ0v) is 11.7. The van der Waals surface area contributed by atoms with Gasteiger partial charge in [-0.3, -0.25) is 0 Å². The van der Waals surface area contributed by atoms with E-state index in [2.05, 4.69) is 30.4 Å². The molecule has 0 saturated heterocycles. The van der Waals surface area contributed by atoms with Crippen molar-refractivity contribution < 1.29 is 4.74 Å². The highest BCUT2D eigenvalue weighted by atomic mass is 16.5. The molecule has 0 spiro atoms. The first-order valence-corrected chi connectivity index (χ1v) is 7.02. The summed E-state index contributed by atoms with van der Waals surface area (Å²) in [6.45, 7) is 5.69. The monoisotopic (exact) mass is 258 g/mol. The largest absolute Gasteiger partial charge is 0.377 e. The van der Waals surface area contributed by atoms with E-state index >= 15 is 0 Å². The fourth-order valence-electron chi connectivity index (χ4n) is 2.75. The van der Waals surface area contributed by atoms with Gasteiger partial charge in [-0.2, -0.15) is 5.26 Å². The van der Waals surface area contributed by atoms with E-state index in [1.807, 2.05) is 25.1 Å². The molecule has 0 amide bonds. The van der Waals surface area contributed by atoms with Crippen molar-refractivity contribution in [2.75, 3.05) is 13.2 Å². The molecule has 1 atom stereocenters. The van der Waals surface area contributed by atoms with Gasteiger partial charge in [0.1, 0.15) is 0 Å². The summed E-state index contributed by atoms with van der Waals surface area (Å²) in [6, 6.07) is 13.1. The van der Waals surface area contributed by atoms with E-state index < -0.39 is 0 Å². The predicted octanol–water partition coefficient (Wildman–Crippen LogP) is 2.62. The van der Waals surface area contributed by atoms with Crippen LogP contribution in [0.4, 0.5) is 0 Å². The Morgan fingerprint density at radius 3 is 2.68 bits per heavy atom. The maximum Gasteiger partial charge on any atom is 0.0852 e. The fraction of sp³-hybridized carbons (Fsp3) is 0.562. The molecule has 2 rings (SSSR count). The lowest BCUT2D eigenvalue weighted by Gasteiger charge is -2.43. The summed E-state index contributed by atoms with van der Waals surface area (Å²) in [5.41, 5.74) is 0.863. The lowest BCUT2D eigenvalue weighted by molar-refractivity contribution is 0.0680. The smallest absolute Gasteiger partial charge is 0.0852 e. The van der Waals surface area contributed by atoms with Crippen molar-refractivity contribution in [2.24, 2.45) is 0 Å². The molecule has 1 aliphatic rings. The zero-order valence-electron chi connectivity index (χ0n) is 11.7. The van der Waals surface area contributed by atoms with Crippen LogP contribution in [0.2, 0.25) is 0 Å². The third-order valence-corrected chi connectivity index (χ3v) is 3.88. The van der Waals surface area contributed by atoms with Crippen LogP contribution < -0.4 is 5.32 Å². The second-order valence-corrected chi connectivity index (χ2v) is 5.34. The molecule has 3 nitrogen and oxygen atoms in total. The summed E-state index contributed by atoms with van der Waals surface area (Å²) in [6.07, 6.45) is 2.03. The molecule has 1 unspecified atom stereocenters. The van der Waals surface area contributed by atoms with Gasteiger partial charge in [0.25, 0.3) is 0 Å². The van der Waals surface area contributed by atoms with Crippen LogP contribution >= 0.6 is 0 Å². The van der Waals surface area contributed by atoms with Crippen LogP contribution in [-0.2, 0) is 10.2 Å². The fourth-order valence-corrected chi connectivity index (χ4v) is 2.75. The van der Waals surface area contributed by atoms with Gasteiger partial charge in [0.2, 0.25) is 0 Å². The van der Waals surface area contributed by atoms with E-state index in [1.54, 1.807) is 0 Å². The average molecular weight is 258 g/mol. The van der Waals surface area contributed by atoms with Crippen molar-refractivity contribution in [1.82, 2.24) is 5.32 Å². The van der Waals surface area contributed by atoms with E-state index in [0.29, 0.717) is 6.04 Å². The van der Waals surface area contributed by atoms with Crippen molar-refractivity contribution in [3.05, 3.63) is 35.9 Å². The van der Waals surface area contributed by atoms with Gasteiger partial charge in [-0.05, 0) is 32.3 Å². The van der Waals surface area contributed by atoms with E-state index in [9.17, 15) is 5.26 Å². The summed E-state index contributed by atoms with van der Waals surface area (Å²) in [7, 11) is 0. The maximum absolute atomic E-state index is 9.47. The lowest BCUT2D eigenvalue weighted by atomic mass is 9.62. The SMILES string of the molecule is CCOC(C)CNC1CC(C#N)(c2ccccc2)C1. The molecule has 19 heavy (non-hydrogen) atoms. The van der Waals surface area contributed by atoms with Gasteiger partial charge >= 0.3 is 0 Å². The molecule has 0 aliphatic heterocycles. The summed E-state index contributed by atoms with van der Waals surface area (Å²) >= 11 is 0. The van der Waals surface area contributed by atoms with Crippen LogP contribution in [0.15, 0.2) is 30.3 Å². The minimum Gasteiger partial charge on any atom is -0.377 e. The standard InChI is InChI=1S/C16H22N2O/c1-3-19-13(2)11-18-15-9-16(10-15,12-17)14-7-5-4-6-8-14/h4-8,13,15,18H,3,9-11H2,1-2H3. The number of nitriles is 1. The Morgan fingerprint density at radius 1 is 1.42 bits per heavy atom. The minimum absolute atomic E-state index is 0.235. The van der Waals surface area contributed by atoms with Gasteiger partial charge < -0.3 is 10.1 Å². The number of benzene rings is 1. The molecule has 1 aliphatic carbocycles. The molecule has 102 valence electrons. The minimum atomic E-state index is -0.284. The molecule has 0 radical (unpaired) electrons. The van der Waals surface area contributed by atoms with Crippen LogP contribution in [0.3, 0.4) is 0 Å². The molecule has 0 aromatic heterocycles. The first kappa shape index (κ1) is 14.0. The van der Waals surface area contributed by atoms with Crippen molar-refractivity contribution >= 4 is 0 Å². The van der Waals surface area contributed by atoms with Crippen molar-refractivity contribution in [1.29, 1.82) is 5.26 Å².